The van der Waals surface area contributed by atoms with Crippen LogP contribution in [0.15, 0.2) is 0 Å². The van der Waals surface area contributed by atoms with E-state index in [-0.39, 0.29) is 5.75 Å². The first kappa shape index (κ1) is 13.9. The molecule has 14 heavy (non-hydrogen) atoms. The van der Waals surface area contributed by atoms with Crippen LogP contribution in [-0.4, -0.2) is 33.9 Å². The summed E-state index contributed by atoms with van der Waals surface area (Å²) in [5.41, 5.74) is 0. The molecule has 0 aromatic rings. The third-order valence-electron chi connectivity index (χ3n) is 1.79. The minimum absolute atomic E-state index is 0.124. The van der Waals surface area contributed by atoms with E-state index in [9.17, 15) is 8.42 Å². The molecule has 0 spiro atoms. The van der Waals surface area contributed by atoms with E-state index in [0.29, 0.717) is 25.7 Å². The van der Waals surface area contributed by atoms with Gasteiger partial charge in [-0.1, -0.05) is 13.8 Å². The summed E-state index contributed by atoms with van der Waals surface area (Å²) in [6.45, 7) is 7.39. The van der Waals surface area contributed by atoms with Crippen LogP contribution in [0.3, 0.4) is 0 Å². The van der Waals surface area contributed by atoms with Crippen molar-refractivity contribution in [1.29, 1.82) is 0 Å². The molecule has 0 unspecified atom stereocenters. The van der Waals surface area contributed by atoms with Gasteiger partial charge >= 0.3 is 0 Å². The van der Waals surface area contributed by atoms with Gasteiger partial charge in [0.1, 0.15) is 0 Å². The Balaban J connectivity index is 3.31. The Bertz CT molecular complexity index is 224. The second-order valence-corrected chi connectivity index (χ2v) is 5.69. The lowest BCUT2D eigenvalue weighted by molar-refractivity contribution is 0.128. The van der Waals surface area contributed by atoms with Gasteiger partial charge in [-0.2, -0.15) is 0 Å². The molecule has 0 bridgehead atoms. The van der Waals surface area contributed by atoms with Crippen molar-refractivity contribution in [1.82, 2.24) is 4.72 Å². The molecule has 0 aliphatic carbocycles. The van der Waals surface area contributed by atoms with Gasteiger partial charge in [0.2, 0.25) is 10.0 Å². The maximum absolute atomic E-state index is 11.0. The average Bonchev–Trinajstić information content (AvgIpc) is 2.10. The van der Waals surface area contributed by atoms with E-state index in [2.05, 4.69) is 18.6 Å². The number of hydrogen-bond donors (Lipinski definition) is 1. The van der Waals surface area contributed by atoms with Crippen LogP contribution in [0.4, 0.5) is 0 Å². The fourth-order valence-electron chi connectivity index (χ4n) is 0.792. The summed E-state index contributed by atoms with van der Waals surface area (Å²) in [4.78, 5) is 0. The minimum Gasteiger partial charge on any atom is -0.380 e. The van der Waals surface area contributed by atoms with Crippen LogP contribution < -0.4 is 4.72 Å². The number of nitrogens with one attached hydrogen (secondary N) is 1. The number of ether oxygens (including phenoxy) is 1. The predicted octanol–water partition coefficient (Wildman–Crippen LogP) is 0.988. The van der Waals surface area contributed by atoms with E-state index in [1.54, 1.807) is 6.92 Å². The molecule has 86 valence electrons. The Labute approximate surface area is 87.1 Å². The molecule has 0 aliphatic rings. The predicted molar refractivity (Wildman–Crippen MR) is 57.7 cm³/mol. The zero-order valence-corrected chi connectivity index (χ0v) is 10.1. The van der Waals surface area contributed by atoms with Crippen molar-refractivity contribution in [2.24, 2.45) is 5.92 Å². The number of rotatable bonds is 8. The van der Waals surface area contributed by atoms with Crippen LogP contribution in [0.2, 0.25) is 0 Å². The second kappa shape index (κ2) is 7.20. The van der Waals surface area contributed by atoms with E-state index >= 15 is 0 Å². The van der Waals surface area contributed by atoms with E-state index < -0.39 is 10.0 Å². The fraction of sp³-hybridized carbons (Fsp3) is 1.00. The third kappa shape index (κ3) is 8.47. The monoisotopic (exact) mass is 223 g/mol. The molecule has 0 radical (unpaired) electrons. The summed E-state index contributed by atoms with van der Waals surface area (Å²) in [7, 11) is -3.05. The maximum Gasteiger partial charge on any atom is 0.211 e. The Morgan fingerprint density at radius 1 is 1.29 bits per heavy atom. The highest BCUT2D eigenvalue weighted by Crippen LogP contribution is 1.98. The third-order valence-corrected chi connectivity index (χ3v) is 3.19. The lowest BCUT2D eigenvalue weighted by Gasteiger charge is -2.07. The molecule has 0 amide bonds. The fourth-order valence-corrected chi connectivity index (χ4v) is 1.39. The van der Waals surface area contributed by atoms with Crippen LogP contribution in [0, 0.1) is 5.92 Å². The van der Waals surface area contributed by atoms with Crippen molar-refractivity contribution in [3.05, 3.63) is 0 Å². The van der Waals surface area contributed by atoms with Crippen molar-refractivity contribution >= 4 is 10.0 Å². The SMILES string of the molecule is CCS(=O)(=O)NCCOCCC(C)C. The van der Waals surface area contributed by atoms with Gasteiger partial charge in [0.25, 0.3) is 0 Å². The van der Waals surface area contributed by atoms with Gasteiger partial charge in [-0.3, -0.25) is 0 Å². The molecule has 4 nitrogen and oxygen atoms in total. The molecular weight excluding hydrogens is 202 g/mol. The van der Waals surface area contributed by atoms with Crippen molar-refractivity contribution in [3.8, 4) is 0 Å². The van der Waals surface area contributed by atoms with Crippen molar-refractivity contribution < 1.29 is 13.2 Å². The quantitative estimate of drug-likeness (QED) is 0.624. The summed E-state index contributed by atoms with van der Waals surface area (Å²) in [5, 5.41) is 0. The Morgan fingerprint density at radius 3 is 2.43 bits per heavy atom. The molecule has 0 saturated heterocycles. The zero-order valence-electron chi connectivity index (χ0n) is 9.25. The van der Waals surface area contributed by atoms with E-state index in [1.165, 1.54) is 0 Å². The van der Waals surface area contributed by atoms with Crippen molar-refractivity contribution in [2.45, 2.75) is 27.2 Å². The summed E-state index contributed by atoms with van der Waals surface area (Å²) in [5.74, 6) is 0.751. The lowest BCUT2D eigenvalue weighted by atomic mass is 10.1. The van der Waals surface area contributed by atoms with Crippen molar-refractivity contribution in [3.63, 3.8) is 0 Å². The van der Waals surface area contributed by atoms with Gasteiger partial charge in [0.15, 0.2) is 0 Å². The van der Waals surface area contributed by atoms with Crippen LogP contribution in [0.1, 0.15) is 27.2 Å². The molecule has 0 aliphatic heterocycles. The van der Waals surface area contributed by atoms with Crippen LogP contribution >= 0.6 is 0 Å². The summed E-state index contributed by atoms with van der Waals surface area (Å²) >= 11 is 0. The van der Waals surface area contributed by atoms with Gasteiger partial charge in [-0.15, -0.1) is 0 Å². The van der Waals surface area contributed by atoms with E-state index in [4.69, 9.17) is 4.74 Å². The van der Waals surface area contributed by atoms with Crippen LogP contribution in [0.25, 0.3) is 0 Å². The standard InChI is InChI=1S/C9H21NO3S/c1-4-14(11,12)10-6-8-13-7-5-9(2)3/h9-10H,4-8H2,1-3H3. The highest BCUT2D eigenvalue weighted by molar-refractivity contribution is 7.89. The Hall–Kier alpha value is -0.130. The zero-order chi connectivity index (χ0) is 11.0. The molecule has 0 rings (SSSR count). The molecule has 0 atom stereocenters. The lowest BCUT2D eigenvalue weighted by Crippen LogP contribution is -2.28. The van der Waals surface area contributed by atoms with Gasteiger partial charge < -0.3 is 4.74 Å². The normalized spacial score (nSPS) is 12.3. The van der Waals surface area contributed by atoms with E-state index in [0.717, 1.165) is 6.42 Å². The molecule has 0 aromatic heterocycles. The highest BCUT2D eigenvalue weighted by atomic mass is 32.2. The summed E-state index contributed by atoms with van der Waals surface area (Å²) < 4.78 is 29.6. The van der Waals surface area contributed by atoms with Crippen molar-refractivity contribution in [2.75, 3.05) is 25.5 Å². The highest BCUT2D eigenvalue weighted by Gasteiger charge is 2.04. The Morgan fingerprint density at radius 2 is 1.93 bits per heavy atom. The van der Waals surface area contributed by atoms with Gasteiger partial charge in [-0.25, -0.2) is 13.1 Å². The molecule has 0 saturated carbocycles. The first-order valence-electron chi connectivity index (χ1n) is 5.03. The maximum atomic E-state index is 11.0. The van der Waals surface area contributed by atoms with Gasteiger partial charge in [-0.05, 0) is 19.3 Å². The Kier molecular flexibility index (Phi) is 7.13. The first-order chi connectivity index (χ1) is 6.48. The molecule has 5 heteroatoms. The second-order valence-electron chi connectivity index (χ2n) is 3.59. The summed E-state index contributed by atoms with van der Waals surface area (Å²) in [6, 6.07) is 0. The first-order valence-corrected chi connectivity index (χ1v) is 6.68. The van der Waals surface area contributed by atoms with Gasteiger partial charge in [0.05, 0.1) is 12.4 Å². The number of hydrogen-bond acceptors (Lipinski definition) is 3. The molecule has 0 fully saturated rings. The topological polar surface area (TPSA) is 55.4 Å². The molecule has 0 aromatic carbocycles. The average molecular weight is 223 g/mol. The van der Waals surface area contributed by atoms with Crippen LogP contribution in [0.5, 0.6) is 0 Å². The van der Waals surface area contributed by atoms with E-state index in [1.807, 2.05) is 0 Å². The summed E-state index contributed by atoms with van der Waals surface area (Å²) in [6.07, 6.45) is 1.01. The molecular formula is C9H21NO3S. The molecule has 0 heterocycles. The van der Waals surface area contributed by atoms with Gasteiger partial charge in [0, 0.05) is 13.2 Å². The minimum atomic E-state index is -3.05. The number of sulfonamides is 1. The smallest absolute Gasteiger partial charge is 0.211 e. The molecule has 1 N–H and O–H groups in total. The largest absolute Gasteiger partial charge is 0.380 e. The van der Waals surface area contributed by atoms with Crippen LogP contribution in [-0.2, 0) is 14.8 Å².